The van der Waals surface area contributed by atoms with Crippen molar-refractivity contribution in [3.05, 3.63) is 100.0 Å². The number of H-pyrrole nitrogens is 1. The molecule has 0 saturated carbocycles. The molecule has 0 bridgehead atoms. The fourth-order valence-electron chi connectivity index (χ4n) is 4.10. The van der Waals surface area contributed by atoms with Crippen LogP contribution in [-0.2, 0) is 5.75 Å². The molecule has 6 aromatic rings. The number of aromatic amines is 1. The summed E-state index contributed by atoms with van der Waals surface area (Å²) in [4.78, 5) is 15.4. The number of aromatic hydroxyl groups is 1. The highest BCUT2D eigenvalue weighted by atomic mass is 35.5. The topological polar surface area (TPSA) is 96.9 Å². The van der Waals surface area contributed by atoms with Crippen LogP contribution in [0.15, 0.2) is 93.4 Å². The first-order valence-corrected chi connectivity index (χ1v) is 12.1. The third-order valence-electron chi connectivity index (χ3n) is 5.72. The minimum absolute atomic E-state index is 0.0382. The fraction of sp³-hybridized carbons (Fsp3) is 0.0385. The monoisotopic (exact) mass is 500 g/mol. The fourth-order valence-corrected chi connectivity index (χ4v) is 5.17. The number of aromatic nitrogens is 4. The van der Waals surface area contributed by atoms with Crippen LogP contribution in [0.4, 0.5) is 0 Å². The molecule has 0 saturated heterocycles. The third kappa shape index (κ3) is 3.96. The number of fused-ring (bicyclic) bond motifs is 2. The third-order valence-corrected chi connectivity index (χ3v) is 6.95. The Bertz CT molecular complexity index is 1750. The molecule has 0 amide bonds. The van der Waals surface area contributed by atoms with E-state index in [9.17, 15) is 9.90 Å². The number of phenols is 1. The maximum absolute atomic E-state index is 12.1. The van der Waals surface area contributed by atoms with Gasteiger partial charge in [-0.15, -0.1) is 10.2 Å². The van der Waals surface area contributed by atoms with E-state index in [0.29, 0.717) is 27.3 Å². The van der Waals surface area contributed by atoms with E-state index in [1.54, 1.807) is 12.1 Å². The van der Waals surface area contributed by atoms with Gasteiger partial charge in [-0.25, -0.2) is 4.79 Å². The van der Waals surface area contributed by atoms with Crippen molar-refractivity contribution in [2.45, 2.75) is 10.9 Å². The summed E-state index contributed by atoms with van der Waals surface area (Å²) in [7, 11) is 0. The van der Waals surface area contributed by atoms with Crippen LogP contribution in [0.25, 0.3) is 38.9 Å². The Hall–Kier alpha value is -4.01. The maximum atomic E-state index is 12.1. The summed E-state index contributed by atoms with van der Waals surface area (Å²) in [5, 5.41) is 21.9. The zero-order chi connectivity index (χ0) is 23.9. The molecule has 172 valence electrons. The van der Waals surface area contributed by atoms with Crippen molar-refractivity contribution < 1.29 is 9.52 Å². The molecule has 2 N–H and O–H groups in total. The van der Waals surface area contributed by atoms with Crippen molar-refractivity contribution >= 4 is 45.2 Å². The van der Waals surface area contributed by atoms with Gasteiger partial charge < -0.3 is 14.5 Å². The Morgan fingerprint density at radius 2 is 1.83 bits per heavy atom. The van der Waals surface area contributed by atoms with Gasteiger partial charge in [-0.05, 0) is 48.0 Å². The van der Waals surface area contributed by atoms with E-state index in [1.807, 2.05) is 59.3 Å². The Kier molecular flexibility index (Phi) is 5.32. The van der Waals surface area contributed by atoms with Crippen LogP contribution in [0.5, 0.6) is 5.75 Å². The van der Waals surface area contributed by atoms with Gasteiger partial charge in [0.1, 0.15) is 11.3 Å². The number of benzene rings is 3. The second kappa shape index (κ2) is 8.65. The molecule has 0 aliphatic carbocycles. The van der Waals surface area contributed by atoms with E-state index < -0.39 is 5.63 Å². The molecule has 3 aromatic heterocycles. The molecule has 9 heteroatoms. The highest BCUT2D eigenvalue weighted by Crippen LogP contribution is 2.34. The molecule has 3 aromatic carbocycles. The molecular weight excluding hydrogens is 484 g/mol. The number of thioether (sulfide) groups is 1. The number of hydrogen-bond acceptors (Lipinski definition) is 6. The maximum Gasteiger partial charge on any atom is 0.336 e. The number of phenolic OH excluding ortho intramolecular Hbond substituents is 1. The van der Waals surface area contributed by atoms with Gasteiger partial charge in [-0.3, -0.25) is 4.57 Å². The molecule has 0 aliphatic rings. The lowest BCUT2D eigenvalue weighted by atomic mass is 10.1. The smallest absolute Gasteiger partial charge is 0.336 e. The van der Waals surface area contributed by atoms with Gasteiger partial charge in [0.25, 0.3) is 0 Å². The van der Waals surface area contributed by atoms with E-state index >= 15 is 0 Å². The minimum Gasteiger partial charge on any atom is -0.508 e. The molecule has 0 radical (unpaired) electrons. The van der Waals surface area contributed by atoms with E-state index in [0.717, 1.165) is 33.1 Å². The van der Waals surface area contributed by atoms with Crippen molar-refractivity contribution in [1.29, 1.82) is 0 Å². The number of nitrogens with zero attached hydrogens (tertiary/aromatic N) is 3. The van der Waals surface area contributed by atoms with Crippen molar-refractivity contribution in [1.82, 2.24) is 19.7 Å². The lowest BCUT2D eigenvalue weighted by Crippen LogP contribution is -2.02. The molecule has 0 aliphatic heterocycles. The summed E-state index contributed by atoms with van der Waals surface area (Å²) in [6.07, 6.45) is 1.93. The van der Waals surface area contributed by atoms with E-state index in [-0.39, 0.29) is 5.75 Å². The van der Waals surface area contributed by atoms with E-state index in [1.165, 1.54) is 23.9 Å². The Balaban J connectivity index is 1.45. The van der Waals surface area contributed by atoms with E-state index in [4.69, 9.17) is 16.0 Å². The van der Waals surface area contributed by atoms with Crippen LogP contribution < -0.4 is 5.63 Å². The van der Waals surface area contributed by atoms with E-state index in [2.05, 4.69) is 15.2 Å². The summed E-state index contributed by atoms with van der Waals surface area (Å²) in [5.41, 5.74) is 3.44. The Morgan fingerprint density at radius 1 is 1.00 bits per heavy atom. The van der Waals surface area contributed by atoms with Crippen LogP contribution in [-0.4, -0.2) is 24.9 Å². The number of para-hydroxylation sites is 1. The Labute approximate surface area is 208 Å². The quantitative estimate of drug-likeness (QED) is 0.217. The minimum atomic E-state index is -0.475. The highest BCUT2D eigenvalue weighted by molar-refractivity contribution is 7.98. The lowest BCUT2D eigenvalue weighted by Gasteiger charge is -2.11. The first-order chi connectivity index (χ1) is 17.1. The summed E-state index contributed by atoms with van der Waals surface area (Å²) < 4.78 is 7.24. The predicted molar refractivity (Wildman–Crippen MR) is 137 cm³/mol. The first kappa shape index (κ1) is 21.5. The van der Waals surface area contributed by atoms with Crippen molar-refractivity contribution in [3.63, 3.8) is 0 Å². The van der Waals surface area contributed by atoms with Crippen LogP contribution in [0.1, 0.15) is 5.56 Å². The van der Waals surface area contributed by atoms with Gasteiger partial charge in [-0.2, -0.15) is 0 Å². The largest absolute Gasteiger partial charge is 0.508 e. The molecule has 0 unspecified atom stereocenters. The second-order valence-corrected chi connectivity index (χ2v) is 9.30. The van der Waals surface area contributed by atoms with Gasteiger partial charge in [0.15, 0.2) is 11.0 Å². The summed E-state index contributed by atoms with van der Waals surface area (Å²) >= 11 is 7.60. The molecule has 7 nitrogen and oxygen atoms in total. The molecule has 35 heavy (non-hydrogen) atoms. The number of nitrogens with one attached hydrogen (secondary N) is 1. The average molecular weight is 501 g/mol. The van der Waals surface area contributed by atoms with Crippen LogP contribution in [0.3, 0.4) is 0 Å². The number of halogens is 1. The van der Waals surface area contributed by atoms with Crippen LogP contribution in [0.2, 0.25) is 5.02 Å². The molecular formula is C26H17ClN4O3S. The average Bonchev–Trinajstić information content (AvgIpc) is 3.46. The predicted octanol–water partition coefficient (Wildman–Crippen LogP) is 6.17. The zero-order valence-electron chi connectivity index (χ0n) is 18.1. The van der Waals surface area contributed by atoms with Gasteiger partial charge in [0.2, 0.25) is 0 Å². The number of rotatable bonds is 5. The lowest BCUT2D eigenvalue weighted by molar-refractivity contribution is 0.473. The number of hydrogen-bond donors (Lipinski definition) is 2. The second-order valence-electron chi connectivity index (χ2n) is 7.93. The summed E-state index contributed by atoms with van der Waals surface area (Å²) in [6, 6.07) is 21.7. The summed E-state index contributed by atoms with van der Waals surface area (Å²) in [5.74, 6) is 1.18. The highest BCUT2D eigenvalue weighted by Gasteiger charge is 2.19. The van der Waals surface area contributed by atoms with Gasteiger partial charge in [-0.1, -0.05) is 41.6 Å². The standard InChI is InChI=1S/C26H17ClN4O3S/c27-16-5-7-17(8-6-16)31-25(21-13-28-22-4-2-1-3-20(21)22)29-30-26(31)35-14-15-11-24(33)34-23-12-18(32)9-10-19(15)23/h1-13,28,32H,14H2. The van der Waals surface area contributed by atoms with Gasteiger partial charge in [0.05, 0.1) is 0 Å². The Morgan fingerprint density at radius 3 is 2.69 bits per heavy atom. The SMILES string of the molecule is O=c1cc(CSc2nnc(-c3c[nH]c4ccccc34)n2-c2ccc(Cl)cc2)c2ccc(O)cc2o1. The van der Waals surface area contributed by atoms with Gasteiger partial charge >= 0.3 is 5.63 Å². The molecule has 0 spiro atoms. The summed E-state index contributed by atoms with van der Waals surface area (Å²) in [6.45, 7) is 0. The van der Waals surface area contributed by atoms with Crippen molar-refractivity contribution in [2.75, 3.05) is 0 Å². The normalized spacial score (nSPS) is 11.5. The molecule has 6 rings (SSSR count). The van der Waals surface area contributed by atoms with Crippen LogP contribution >= 0.6 is 23.4 Å². The molecule has 0 fully saturated rings. The van der Waals surface area contributed by atoms with Crippen molar-refractivity contribution in [2.24, 2.45) is 0 Å². The molecule has 0 atom stereocenters. The first-order valence-electron chi connectivity index (χ1n) is 10.7. The van der Waals surface area contributed by atoms with Crippen LogP contribution in [0, 0.1) is 0 Å². The zero-order valence-corrected chi connectivity index (χ0v) is 19.7. The van der Waals surface area contributed by atoms with Gasteiger partial charge in [0, 0.05) is 56.6 Å². The van der Waals surface area contributed by atoms with Crippen molar-refractivity contribution in [3.8, 4) is 22.8 Å². The molecule has 3 heterocycles.